The Morgan fingerprint density at radius 3 is 2.70 bits per heavy atom. The third-order valence-electron chi connectivity index (χ3n) is 5.27. The summed E-state index contributed by atoms with van der Waals surface area (Å²) in [6, 6.07) is 12.2. The van der Waals surface area contributed by atoms with Gasteiger partial charge in [-0.15, -0.1) is 0 Å². The molecule has 1 aliphatic rings. The molecule has 0 saturated heterocycles. The number of fused-ring (bicyclic) bond motifs is 1. The summed E-state index contributed by atoms with van der Waals surface area (Å²) < 4.78 is 31.1. The first kappa shape index (κ1) is 20.6. The summed E-state index contributed by atoms with van der Waals surface area (Å²) in [6.07, 6.45) is 5.71. The second-order valence-electron chi connectivity index (χ2n) is 8.11. The van der Waals surface area contributed by atoms with Crippen molar-refractivity contribution in [3.8, 4) is 16.9 Å². The highest BCUT2D eigenvalue weighted by atomic mass is 32.2. The van der Waals surface area contributed by atoms with Gasteiger partial charge in [-0.3, -0.25) is 0 Å². The van der Waals surface area contributed by atoms with Crippen molar-refractivity contribution in [2.45, 2.75) is 20.3 Å². The molecule has 0 bridgehead atoms. The van der Waals surface area contributed by atoms with Crippen molar-refractivity contribution in [1.29, 1.82) is 0 Å². The molecule has 3 heterocycles. The fourth-order valence-electron chi connectivity index (χ4n) is 3.70. The van der Waals surface area contributed by atoms with Crippen LogP contribution >= 0.6 is 0 Å². The van der Waals surface area contributed by atoms with Crippen LogP contribution in [0.2, 0.25) is 0 Å². The highest BCUT2D eigenvalue weighted by Gasteiger charge is 2.21. The molecule has 7 heteroatoms. The number of ether oxygens (including phenoxy) is 1. The van der Waals surface area contributed by atoms with Crippen molar-refractivity contribution in [3.05, 3.63) is 54.4 Å². The van der Waals surface area contributed by atoms with Crippen LogP contribution in [0.3, 0.4) is 0 Å². The van der Waals surface area contributed by atoms with Gasteiger partial charge in [0.1, 0.15) is 11.4 Å². The van der Waals surface area contributed by atoms with Crippen molar-refractivity contribution in [3.63, 3.8) is 0 Å². The van der Waals surface area contributed by atoms with Gasteiger partial charge in [0.2, 0.25) is 10.0 Å². The van der Waals surface area contributed by atoms with E-state index in [1.807, 2.05) is 30.3 Å². The van der Waals surface area contributed by atoms with Gasteiger partial charge in [-0.05, 0) is 41.7 Å². The number of nitrogens with zero attached hydrogens (tertiary/aromatic N) is 2. The van der Waals surface area contributed by atoms with Crippen LogP contribution in [0, 0.1) is 5.92 Å². The molecule has 0 aliphatic carbocycles. The molecule has 0 atom stereocenters. The summed E-state index contributed by atoms with van der Waals surface area (Å²) in [5, 5.41) is 1.03. The molecular weight excluding hydrogens is 398 g/mol. The van der Waals surface area contributed by atoms with Crippen LogP contribution in [0.4, 0.5) is 0 Å². The number of pyridine rings is 1. The Hall–Kier alpha value is -2.64. The summed E-state index contributed by atoms with van der Waals surface area (Å²) in [6.45, 7) is 5.82. The highest BCUT2D eigenvalue weighted by molar-refractivity contribution is 7.88. The number of benzene rings is 1. The number of para-hydroxylation sites is 1. The van der Waals surface area contributed by atoms with Crippen molar-refractivity contribution in [1.82, 2.24) is 14.3 Å². The number of hydrogen-bond acceptors (Lipinski definition) is 4. The van der Waals surface area contributed by atoms with Crippen molar-refractivity contribution in [2.24, 2.45) is 5.92 Å². The largest absolute Gasteiger partial charge is 0.493 e. The normalized spacial score (nSPS) is 15.5. The molecular formula is C23H27N3O3S. The molecule has 1 aliphatic heterocycles. The van der Waals surface area contributed by atoms with E-state index in [0.29, 0.717) is 32.0 Å². The van der Waals surface area contributed by atoms with E-state index >= 15 is 0 Å². The predicted molar refractivity (Wildman–Crippen MR) is 121 cm³/mol. The molecule has 2 aromatic heterocycles. The molecule has 1 N–H and O–H groups in total. The van der Waals surface area contributed by atoms with Gasteiger partial charge in [-0.1, -0.05) is 38.1 Å². The standard InChI is InChI=1S/C23H27N3O3S/c1-16(2)15-29-22-7-5-4-6-19(22)18-8-11-24-23-20(18)14-21(25-23)17-9-12-26(13-10-17)30(3,27)28/h4-9,11,14,16H,10,12-13,15H2,1-3H3,(H,24,25). The van der Waals surface area contributed by atoms with E-state index in [1.165, 1.54) is 10.6 Å². The minimum absolute atomic E-state index is 0.399. The Labute approximate surface area is 177 Å². The SMILES string of the molecule is CC(C)COc1ccccc1-c1ccnc2[nH]c(C3=CCN(S(C)(=O)=O)CC3)cc12. The van der Waals surface area contributed by atoms with E-state index in [0.717, 1.165) is 39.2 Å². The first-order valence-corrected chi connectivity index (χ1v) is 12.0. The zero-order valence-electron chi connectivity index (χ0n) is 17.6. The number of aromatic nitrogens is 2. The molecule has 0 saturated carbocycles. The predicted octanol–water partition coefficient (Wildman–Crippen LogP) is 4.31. The zero-order valence-corrected chi connectivity index (χ0v) is 18.4. The Bertz CT molecular complexity index is 1200. The first-order chi connectivity index (χ1) is 14.3. The van der Waals surface area contributed by atoms with E-state index < -0.39 is 10.0 Å². The molecule has 0 radical (unpaired) electrons. The monoisotopic (exact) mass is 425 g/mol. The molecule has 3 aromatic rings. The lowest BCUT2D eigenvalue weighted by Crippen LogP contribution is -2.33. The fourth-order valence-corrected chi connectivity index (χ4v) is 4.47. The van der Waals surface area contributed by atoms with Crippen molar-refractivity contribution >= 4 is 26.6 Å². The molecule has 158 valence electrons. The van der Waals surface area contributed by atoms with Gasteiger partial charge in [0, 0.05) is 35.9 Å². The number of hydrogen-bond donors (Lipinski definition) is 1. The average molecular weight is 426 g/mol. The molecule has 0 fully saturated rings. The topological polar surface area (TPSA) is 75.3 Å². The van der Waals surface area contributed by atoms with Gasteiger partial charge < -0.3 is 9.72 Å². The fraction of sp³-hybridized carbons (Fsp3) is 0.348. The number of nitrogens with one attached hydrogen (secondary N) is 1. The maximum atomic E-state index is 11.8. The van der Waals surface area contributed by atoms with Crippen LogP contribution in [0.15, 0.2) is 48.7 Å². The average Bonchev–Trinajstić information content (AvgIpc) is 3.16. The quantitative estimate of drug-likeness (QED) is 0.638. The Morgan fingerprint density at radius 1 is 1.20 bits per heavy atom. The van der Waals surface area contributed by atoms with Gasteiger partial charge in [-0.2, -0.15) is 4.31 Å². The van der Waals surface area contributed by atoms with Crippen LogP contribution < -0.4 is 4.74 Å². The molecule has 30 heavy (non-hydrogen) atoms. The van der Waals surface area contributed by atoms with E-state index in [-0.39, 0.29) is 0 Å². The molecule has 6 nitrogen and oxygen atoms in total. The molecule has 0 unspecified atom stereocenters. The lowest BCUT2D eigenvalue weighted by Gasteiger charge is -2.23. The summed E-state index contributed by atoms with van der Waals surface area (Å²) >= 11 is 0. The number of H-pyrrole nitrogens is 1. The van der Waals surface area contributed by atoms with Crippen molar-refractivity contribution in [2.75, 3.05) is 26.0 Å². The Kier molecular flexibility index (Phi) is 5.66. The minimum Gasteiger partial charge on any atom is -0.493 e. The summed E-state index contributed by atoms with van der Waals surface area (Å²) in [4.78, 5) is 7.92. The van der Waals surface area contributed by atoms with Crippen LogP contribution in [0.25, 0.3) is 27.7 Å². The highest BCUT2D eigenvalue weighted by Crippen LogP contribution is 2.36. The lowest BCUT2D eigenvalue weighted by atomic mass is 10.0. The smallest absolute Gasteiger partial charge is 0.211 e. The maximum absolute atomic E-state index is 11.8. The Morgan fingerprint density at radius 2 is 2.00 bits per heavy atom. The number of aromatic amines is 1. The maximum Gasteiger partial charge on any atom is 0.211 e. The van der Waals surface area contributed by atoms with E-state index in [1.54, 1.807) is 6.20 Å². The second kappa shape index (κ2) is 8.24. The number of rotatable bonds is 6. The van der Waals surface area contributed by atoms with Crippen LogP contribution in [0.1, 0.15) is 26.0 Å². The summed E-state index contributed by atoms with van der Waals surface area (Å²) in [5.41, 5.74) is 5.02. The summed E-state index contributed by atoms with van der Waals surface area (Å²) in [7, 11) is -3.16. The molecule has 0 amide bonds. The Balaban J connectivity index is 1.70. The van der Waals surface area contributed by atoms with Crippen LogP contribution in [-0.2, 0) is 10.0 Å². The molecule has 4 rings (SSSR count). The minimum atomic E-state index is -3.16. The van der Waals surface area contributed by atoms with Crippen LogP contribution in [-0.4, -0.2) is 48.6 Å². The third kappa shape index (κ3) is 4.27. The molecule has 1 aromatic carbocycles. The second-order valence-corrected chi connectivity index (χ2v) is 10.1. The summed E-state index contributed by atoms with van der Waals surface area (Å²) in [5.74, 6) is 1.31. The first-order valence-electron chi connectivity index (χ1n) is 10.2. The van der Waals surface area contributed by atoms with Gasteiger partial charge >= 0.3 is 0 Å². The van der Waals surface area contributed by atoms with Crippen molar-refractivity contribution < 1.29 is 13.2 Å². The van der Waals surface area contributed by atoms with Gasteiger partial charge in [0.05, 0.1) is 12.9 Å². The lowest BCUT2D eigenvalue weighted by molar-refractivity contribution is 0.272. The van der Waals surface area contributed by atoms with Crippen LogP contribution in [0.5, 0.6) is 5.75 Å². The zero-order chi connectivity index (χ0) is 21.3. The van der Waals surface area contributed by atoms with E-state index in [2.05, 4.69) is 35.9 Å². The van der Waals surface area contributed by atoms with Gasteiger partial charge in [-0.25, -0.2) is 13.4 Å². The van der Waals surface area contributed by atoms with E-state index in [9.17, 15) is 8.42 Å². The van der Waals surface area contributed by atoms with Gasteiger partial charge in [0.15, 0.2) is 0 Å². The molecule has 0 spiro atoms. The van der Waals surface area contributed by atoms with E-state index in [4.69, 9.17) is 4.74 Å². The number of sulfonamides is 1. The van der Waals surface area contributed by atoms with Gasteiger partial charge in [0.25, 0.3) is 0 Å². The third-order valence-corrected chi connectivity index (χ3v) is 6.54.